The fourth-order valence-electron chi connectivity index (χ4n) is 7.02. The van der Waals surface area contributed by atoms with E-state index in [-0.39, 0.29) is 56.8 Å². The number of nitrogen functional groups attached to an aromatic ring is 1. The largest absolute Gasteiger partial charge is 0.461 e. The fourth-order valence-corrected chi connectivity index (χ4v) is 7.36. The van der Waals surface area contributed by atoms with Crippen molar-refractivity contribution >= 4 is 45.0 Å². The van der Waals surface area contributed by atoms with Crippen LogP contribution in [0.1, 0.15) is 55.7 Å². The zero-order valence-corrected chi connectivity index (χ0v) is 25.4. The molecule has 0 bridgehead atoms. The first-order valence-corrected chi connectivity index (χ1v) is 15.5. The molecule has 2 aliphatic heterocycles. The average molecular weight is 652 g/mol. The van der Waals surface area contributed by atoms with Crippen LogP contribution in [0.5, 0.6) is 6.01 Å². The minimum absolute atomic E-state index is 0.0389. The Morgan fingerprint density at radius 2 is 2.07 bits per heavy atom. The van der Waals surface area contributed by atoms with Crippen LogP contribution in [-0.4, -0.2) is 66.4 Å². The van der Waals surface area contributed by atoms with Gasteiger partial charge in [-0.25, -0.2) is 18.2 Å². The highest BCUT2D eigenvalue weighted by Gasteiger charge is 2.48. The normalized spacial score (nSPS) is 23.0. The Labute approximate surface area is 264 Å². The quantitative estimate of drug-likeness (QED) is 0.173. The van der Waals surface area contributed by atoms with E-state index in [1.54, 1.807) is 13.0 Å². The predicted molar refractivity (Wildman–Crippen MR) is 167 cm³/mol. The first kappa shape index (κ1) is 29.0. The molecule has 0 spiro atoms. The fraction of sp³-hybridized carbons (Fsp3) is 0.387. The molecule has 1 saturated carbocycles. The topological polar surface area (TPSA) is 151 Å². The molecular formula is C31H29ClF3N9O2. The molecule has 5 N–H and O–H groups in total. The molecule has 238 valence electrons. The average Bonchev–Trinajstić information content (AvgIpc) is 3.41. The minimum Gasteiger partial charge on any atom is -0.461 e. The number of nitrogens with two attached hydrogens (primary N) is 1. The zero-order valence-electron chi connectivity index (χ0n) is 24.6. The van der Waals surface area contributed by atoms with Crippen LogP contribution < -0.4 is 21.3 Å². The van der Waals surface area contributed by atoms with Gasteiger partial charge < -0.3 is 20.8 Å². The minimum atomic E-state index is -1.15. The third-order valence-electron chi connectivity index (χ3n) is 9.64. The summed E-state index contributed by atoms with van der Waals surface area (Å²) in [6, 6.07) is 2.00. The lowest BCUT2D eigenvalue weighted by Gasteiger charge is -2.47. The van der Waals surface area contributed by atoms with E-state index in [9.17, 15) is 13.6 Å². The van der Waals surface area contributed by atoms with Crippen molar-refractivity contribution in [2.45, 2.75) is 56.3 Å². The Morgan fingerprint density at radius 1 is 1.24 bits per heavy atom. The maximum atomic E-state index is 16.9. The van der Waals surface area contributed by atoms with Crippen LogP contribution >= 0.6 is 11.6 Å². The SMILES string of the molecule is C[C@@H](Nc1nc(OC[C@]23CCCN2CC3)nc2c(F)c(-c3c([C@H]4C[C@@H]4F)c(Cl)cc4[nH]ncc34)[nH]c(=O)c12)c1cc(F)cnc1N. The molecule has 2 saturated heterocycles. The molecule has 3 fully saturated rings. The lowest BCUT2D eigenvalue weighted by Crippen LogP contribution is -2.59. The van der Waals surface area contributed by atoms with Crippen LogP contribution in [0.4, 0.5) is 24.8 Å². The molecule has 3 aliphatic rings. The van der Waals surface area contributed by atoms with Gasteiger partial charge in [0, 0.05) is 34.0 Å². The second-order valence-electron chi connectivity index (χ2n) is 12.4. The number of ether oxygens (including phenoxy) is 1. The number of rotatable bonds is 8. The smallest absolute Gasteiger partial charge is 0.319 e. The maximum Gasteiger partial charge on any atom is 0.319 e. The van der Waals surface area contributed by atoms with Gasteiger partial charge in [-0.3, -0.25) is 14.8 Å². The van der Waals surface area contributed by atoms with Gasteiger partial charge in [-0.15, -0.1) is 0 Å². The number of pyridine rings is 2. The summed E-state index contributed by atoms with van der Waals surface area (Å²) in [5.41, 5.74) is 6.08. The number of benzene rings is 1. The van der Waals surface area contributed by atoms with E-state index in [0.29, 0.717) is 28.6 Å². The molecule has 0 unspecified atom stereocenters. The lowest BCUT2D eigenvalue weighted by atomic mass is 9.86. The second kappa shape index (κ2) is 10.6. The molecule has 1 aromatic carbocycles. The predicted octanol–water partition coefficient (Wildman–Crippen LogP) is 5.39. The molecular weight excluding hydrogens is 623 g/mol. The Balaban J connectivity index is 1.30. The standard InChI is InChI=1S/C31H29ClF3N9O2/c1-13(15-7-14(33)10-37-27(15)36)39-28-23-26(41-30(42-28)46-12-31-3-2-5-44(31)6-4-31)24(35)25(40-29(23)45)22-17-11-38-43-20(17)9-18(32)21(22)16-8-19(16)34/h7,9-11,13,16,19H,2-6,8,12H2,1H3,(H2,36,37)(H,38,43)(H,40,45)(H,39,41,42)/t13-,16+,19+,31-/m1/s1. The summed E-state index contributed by atoms with van der Waals surface area (Å²) in [6.07, 6.45) is 4.52. The molecule has 0 radical (unpaired) electrons. The van der Waals surface area contributed by atoms with Gasteiger partial charge in [0.2, 0.25) is 0 Å². The number of alkyl halides is 1. The van der Waals surface area contributed by atoms with Crippen LogP contribution in [0.2, 0.25) is 5.02 Å². The Bertz CT molecular complexity index is 2110. The number of nitrogens with one attached hydrogen (secondary N) is 3. The Hall–Kier alpha value is -4.43. The Kier molecular flexibility index (Phi) is 6.66. The number of aromatic amines is 2. The molecule has 15 heteroatoms. The second-order valence-corrected chi connectivity index (χ2v) is 12.8. The van der Waals surface area contributed by atoms with Crippen LogP contribution in [0.3, 0.4) is 0 Å². The monoisotopic (exact) mass is 651 g/mol. The summed E-state index contributed by atoms with van der Waals surface area (Å²) in [4.78, 5) is 31.7. The summed E-state index contributed by atoms with van der Waals surface area (Å²) in [5, 5.41) is 10.5. The summed E-state index contributed by atoms with van der Waals surface area (Å²) >= 11 is 6.62. The maximum absolute atomic E-state index is 16.9. The number of nitrogens with zero attached hydrogens (tertiary/aromatic N) is 5. The van der Waals surface area contributed by atoms with Crippen molar-refractivity contribution in [2.24, 2.45) is 0 Å². The number of halogens is 4. The van der Waals surface area contributed by atoms with Crippen molar-refractivity contribution in [3.05, 3.63) is 62.7 Å². The highest BCUT2D eigenvalue weighted by atomic mass is 35.5. The molecule has 1 aliphatic carbocycles. The van der Waals surface area contributed by atoms with Crippen molar-refractivity contribution in [3.63, 3.8) is 0 Å². The van der Waals surface area contributed by atoms with Gasteiger partial charge in [-0.05, 0) is 56.8 Å². The summed E-state index contributed by atoms with van der Waals surface area (Å²) in [7, 11) is 0. The first-order valence-electron chi connectivity index (χ1n) is 15.1. The van der Waals surface area contributed by atoms with Gasteiger partial charge in [0.25, 0.3) is 5.56 Å². The molecule has 4 aromatic heterocycles. The molecule has 11 nitrogen and oxygen atoms in total. The van der Waals surface area contributed by atoms with E-state index in [0.717, 1.165) is 38.5 Å². The van der Waals surface area contributed by atoms with Crippen molar-refractivity contribution < 1.29 is 17.9 Å². The number of hydrogen-bond acceptors (Lipinski definition) is 9. The van der Waals surface area contributed by atoms with Crippen LogP contribution in [0.25, 0.3) is 33.1 Å². The molecule has 8 rings (SSSR count). The molecule has 46 heavy (non-hydrogen) atoms. The molecule has 6 heterocycles. The van der Waals surface area contributed by atoms with E-state index in [1.165, 1.54) is 12.3 Å². The van der Waals surface area contributed by atoms with Gasteiger partial charge in [0.15, 0.2) is 5.82 Å². The number of anilines is 2. The van der Waals surface area contributed by atoms with Gasteiger partial charge >= 0.3 is 6.01 Å². The number of hydrogen-bond donors (Lipinski definition) is 4. The highest BCUT2D eigenvalue weighted by molar-refractivity contribution is 6.33. The van der Waals surface area contributed by atoms with Crippen molar-refractivity contribution in [2.75, 3.05) is 30.7 Å². The van der Waals surface area contributed by atoms with Gasteiger partial charge in [0.1, 0.15) is 41.1 Å². The van der Waals surface area contributed by atoms with E-state index < -0.39 is 35.3 Å². The molecule has 5 aromatic rings. The highest BCUT2D eigenvalue weighted by Crippen LogP contribution is 2.52. The van der Waals surface area contributed by atoms with Crippen LogP contribution in [-0.2, 0) is 0 Å². The van der Waals surface area contributed by atoms with E-state index in [4.69, 9.17) is 22.1 Å². The van der Waals surface area contributed by atoms with E-state index >= 15 is 4.39 Å². The van der Waals surface area contributed by atoms with Crippen LogP contribution in [0.15, 0.2) is 29.3 Å². The van der Waals surface area contributed by atoms with Gasteiger partial charge in [0.05, 0.1) is 35.2 Å². The van der Waals surface area contributed by atoms with Crippen molar-refractivity contribution in [1.29, 1.82) is 0 Å². The third-order valence-corrected chi connectivity index (χ3v) is 9.96. The van der Waals surface area contributed by atoms with Crippen molar-refractivity contribution in [1.82, 2.24) is 35.0 Å². The first-order chi connectivity index (χ1) is 22.1. The number of H-pyrrole nitrogens is 2. The van der Waals surface area contributed by atoms with E-state index in [2.05, 4.69) is 40.3 Å². The summed E-state index contributed by atoms with van der Waals surface area (Å²) < 4.78 is 51.6. The lowest BCUT2D eigenvalue weighted by molar-refractivity contribution is -0.0132. The van der Waals surface area contributed by atoms with Gasteiger partial charge in [-0.2, -0.15) is 15.1 Å². The van der Waals surface area contributed by atoms with Gasteiger partial charge in [-0.1, -0.05) is 11.6 Å². The Morgan fingerprint density at radius 3 is 2.80 bits per heavy atom. The third kappa shape index (κ3) is 4.56. The number of fused-ring (bicyclic) bond motifs is 3. The summed E-state index contributed by atoms with van der Waals surface area (Å²) in [5.74, 6) is -2.01. The van der Waals surface area contributed by atoms with E-state index in [1.807, 2.05) is 0 Å². The zero-order chi connectivity index (χ0) is 31.9. The molecule has 4 atom stereocenters. The molecule has 0 amide bonds. The van der Waals surface area contributed by atoms with Crippen molar-refractivity contribution in [3.8, 4) is 17.3 Å². The summed E-state index contributed by atoms with van der Waals surface area (Å²) in [6.45, 7) is 3.93. The van der Waals surface area contributed by atoms with Crippen LogP contribution in [0, 0.1) is 11.6 Å². The number of aromatic nitrogens is 6.